The molecule has 4 heteroatoms. The molecule has 0 radical (unpaired) electrons. The first-order chi connectivity index (χ1) is 11.8. The predicted octanol–water partition coefficient (Wildman–Crippen LogP) is 3.49. The molecule has 4 aliphatic rings. The maximum Gasteiger partial charge on any atom is 0.0734 e. The average Bonchev–Trinajstić information content (AvgIpc) is 2.85. The van der Waals surface area contributed by atoms with Crippen LogP contribution in [0.4, 0.5) is 0 Å². The van der Waals surface area contributed by atoms with Crippen molar-refractivity contribution in [3.05, 3.63) is 0 Å². The topological polar surface area (TPSA) is 72.7 Å². The van der Waals surface area contributed by atoms with E-state index in [9.17, 15) is 10.2 Å². The van der Waals surface area contributed by atoms with Crippen molar-refractivity contribution in [3.63, 3.8) is 0 Å². The smallest absolute Gasteiger partial charge is 0.0734 e. The van der Waals surface area contributed by atoms with Crippen LogP contribution in [0.2, 0.25) is 0 Å². The van der Waals surface area contributed by atoms with E-state index in [-0.39, 0.29) is 11.5 Å². The van der Waals surface area contributed by atoms with E-state index in [2.05, 4.69) is 19.3 Å². The molecule has 4 fully saturated rings. The Balaban J connectivity index is 1.60. The molecule has 25 heavy (non-hydrogen) atoms. The Kier molecular flexibility index (Phi) is 4.51. The fourth-order valence-electron chi connectivity index (χ4n) is 8.02. The summed E-state index contributed by atoms with van der Waals surface area (Å²) >= 11 is 0. The summed E-state index contributed by atoms with van der Waals surface area (Å²) in [4.78, 5) is 0. The Bertz CT molecular complexity index is 513. The molecule has 0 aromatic rings. The SMILES string of the molecule is C[C@]12CC[C@H](O)C[C@H]1CC[C@@H]1[C@@H]2CC[C@]2(C)[C@@H](CCNO)CC[C@]12O. The van der Waals surface area contributed by atoms with Crippen molar-refractivity contribution in [2.24, 2.45) is 34.5 Å². The highest BCUT2D eigenvalue weighted by molar-refractivity contribution is 5.16. The lowest BCUT2D eigenvalue weighted by molar-refractivity contribution is -0.210. The van der Waals surface area contributed by atoms with E-state index in [0.717, 1.165) is 51.4 Å². The van der Waals surface area contributed by atoms with Crippen LogP contribution in [0.15, 0.2) is 0 Å². The number of hydroxylamine groups is 1. The van der Waals surface area contributed by atoms with Gasteiger partial charge in [0.2, 0.25) is 0 Å². The summed E-state index contributed by atoms with van der Waals surface area (Å²) in [5.41, 5.74) is 2.10. The van der Waals surface area contributed by atoms with E-state index in [1.165, 1.54) is 12.8 Å². The van der Waals surface area contributed by atoms with Gasteiger partial charge in [0.15, 0.2) is 0 Å². The van der Waals surface area contributed by atoms with E-state index in [4.69, 9.17) is 5.21 Å². The lowest BCUT2D eigenvalue weighted by Gasteiger charge is -2.63. The van der Waals surface area contributed by atoms with Gasteiger partial charge in [-0.1, -0.05) is 13.8 Å². The molecule has 4 aliphatic carbocycles. The normalized spacial score (nSPS) is 55.3. The van der Waals surface area contributed by atoms with E-state index in [1.807, 2.05) is 0 Å². The van der Waals surface area contributed by atoms with E-state index in [0.29, 0.717) is 35.6 Å². The Morgan fingerprint density at radius 3 is 2.52 bits per heavy atom. The summed E-state index contributed by atoms with van der Waals surface area (Å²) in [6.07, 6.45) is 10.6. The molecule has 0 unspecified atom stereocenters. The Hall–Kier alpha value is -0.160. The molecule has 4 saturated carbocycles. The first-order valence-electron chi connectivity index (χ1n) is 10.6. The second-order valence-electron chi connectivity index (χ2n) is 10.2. The van der Waals surface area contributed by atoms with E-state index >= 15 is 0 Å². The number of rotatable bonds is 3. The monoisotopic (exact) mass is 351 g/mol. The largest absolute Gasteiger partial charge is 0.393 e. The van der Waals surface area contributed by atoms with Gasteiger partial charge in [0.05, 0.1) is 11.7 Å². The first-order valence-corrected chi connectivity index (χ1v) is 10.6. The molecule has 0 heterocycles. The summed E-state index contributed by atoms with van der Waals surface area (Å²) in [6.45, 7) is 5.42. The fourth-order valence-corrected chi connectivity index (χ4v) is 8.02. The van der Waals surface area contributed by atoms with Crippen LogP contribution < -0.4 is 5.48 Å². The minimum atomic E-state index is -0.528. The molecule has 0 aromatic carbocycles. The molecule has 4 nitrogen and oxygen atoms in total. The lowest BCUT2D eigenvalue weighted by Crippen LogP contribution is -2.62. The zero-order valence-corrected chi connectivity index (χ0v) is 16.0. The van der Waals surface area contributed by atoms with Gasteiger partial charge in [0.25, 0.3) is 0 Å². The molecule has 0 saturated heterocycles. The van der Waals surface area contributed by atoms with Gasteiger partial charge in [-0.15, -0.1) is 0 Å². The van der Waals surface area contributed by atoms with Gasteiger partial charge in [-0.3, -0.25) is 0 Å². The quantitative estimate of drug-likeness (QED) is 0.587. The van der Waals surface area contributed by atoms with Gasteiger partial charge in [-0.25, -0.2) is 5.48 Å². The third kappa shape index (κ3) is 2.47. The number of fused-ring (bicyclic) bond motifs is 5. The first kappa shape index (κ1) is 18.2. The maximum absolute atomic E-state index is 12.0. The van der Waals surface area contributed by atoms with Crippen molar-refractivity contribution in [1.82, 2.24) is 5.48 Å². The zero-order chi connectivity index (χ0) is 17.9. The average molecular weight is 352 g/mol. The van der Waals surface area contributed by atoms with Gasteiger partial charge in [0, 0.05) is 6.54 Å². The molecular formula is C21H37NO3. The van der Waals surface area contributed by atoms with Crippen molar-refractivity contribution in [2.45, 2.75) is 89.8 Å². The second-order valence-corrected chi connectivity index (χ2v) is 10.2. The van der Waals surface area contributed by atoms with Crippen molar-refractivity contribution >= 4 is 0 Å². The van der Waals surface area contributed by atoms with Crippen LogP contribution in [0.5, 0.6) is 0 Å². The van der Waals surface area contributed by atoms with Gasteiger partial charge < -0.3 is 15.4 Å². The molecule has 0 aromatic heterocycles. The fraction of sp³-hybridized carbons (Fsp3) is 1.00. The molecule has 4 N–H and O–H groups in total. The Morgan fingerprint density at radius 1 is 0.960 bits per heavy atom. The lowest BCUT2D eigenvalue weighted by atomic mass is 9.43. The number of hydrogen-bond acceptors (Lipinski definition) is 4. The highest BCUT2D eigenvalue weighted by atomic mass is 16.5. The van der Waals surface area contributed by atoms with Crippen LogP contribution in [0.1, 0.15) is 78.1 Å². The van der Waals surface area contributed by atoms with E-state index < -0.39 is 5.60 Å². The van der Waals surface area contributed by atoms with Crippen molar-refractivity contribution < 1.29 is 15.4 Å². The molecule has 8 atom stereocenters. The summed E-state index contributed by atoms with van der Waals surface area (Å²) in [5.74, 6) is 2.19. The van der Waals surface area contributed by atoms with Gasteiger partial charge in [0.1, 0.15) is 0 Å². The van der Waals surface area contributed by atoms with Crippen LogP contribution in [-0.4, -0.2) is 33.7 Å². The molecular weight excluding hydrogens is 314 g/mol. The zero-order valence-electron chi connectivity index (χ0n) is 16.0. The van der Waals surface area contributed by atoms with Crippen LogP contribution in [0.3, 0.4) is 0 Å². The minimum Gasteiger partial charge on any atom is -0.393 e. The standard InChI is InChI=1S/C21H37NO3/c1-19-9-6-16(23)13-15(19)3-4-18-17(19)7-10-20(2)14(8-12-22-25)5-11-21(18,20)24/h14-18,22-25H,3-13H2,1-2H3/t14-,15-,16+,17+,18-,19+,20-,21+/m1/s1. The van der Waals surface area contributed by atoms with Gasteiger partial charge in [-0.05, 0) is 98.7 Å². The minimum absolute atomic E-state index is 0.00238. The van der Waals surface area contributed by atoms with Crippen LogP contribution in [0, 0.1) is 34.5 Å². The van der Waals surface area contributed by atoms with Crippen molar-refractivity contribution in [2.75, 3.05) is 6.54 Å². The summed E-state index contributed by atoms with van der Waals surface area (Å²) in [7, 11) is 0. The van der Waals surface area contributed by atoms with Crippen molar-refractivity contribution in [3.8, 4) is 0 Å². The molecule has 0 amide bonds. The number of aliphatic hydroxyl groups is 2. The molecule has 0 bridgehead atoms. The van der Waals surface area contributed by atoms with Crippen molar-refractivity contribution in [1.29, 1.82) is 0 Å². The Labute approximate surface area is 152 Å². The highest BCUT2D eigenvalue weighted by Gasteiger charge is 2.66. The summed E-state index contributed by atoms with van der Waals surface area (Å²) < 4.78 is 0. The molecule has 144 valence electrons. The number of nitrogens with one attached hydrogen (secondary N) is 1. The van der Waals surface area contributed by atoms with E-state index in [1.54, 1.807) is 0 Å². The predicted molar refractivity (Wildman–Crippen MR) is 97.1 cm³/mol. The molecule has 4 rings (SSSR count). The molecule has 0 spiro atoms. The van der Waals surface area contributed by atoms with Gasteiger partial charge in [-0.2, -0.15) is 0 Å². The third-order valence-electron chi connectivity index (χ3n) is 9.62. The second kappa shape index (κ2) is 6.19. The van der Waals surface area contributed by atoms with Crippen LogP contribution >= 0.6 is 0 Å². The van der Waals surface area contributed by atoms with Gasteiger partial charge >= 0.3 is 0 Å². The third-order valence-corrected chi connectivity index (χ3v) is 9.62. The number of hydrogen-bond donors (Lipinski definition) is 4. The molecule has 0 aliphatic heterocycles. The van der Waals surface area contributed by atoms with Crippen LogP contribution in [-0.2, 0) is 0 Å². The highest BCUT2D eigenvalue weighted by Crippen LogP contribution is 2.69. The Morgan fingerprint density at radius 2 is 1.76 bits per heavy atom. The van der Waals surface area contributed by atoms with Crippen LogP contribution in [0.25, 0.3) is 0 Å². The maximum atomic E-state index is 12.0. The number of aliphatic hydroxyl groups excluding tert-OH is 1. The summed E-state index contributed by atoms with van der Waals surface area (Å²) in [5, 5.41) is 31.1. The summed E-state index contributed by atoms with van der Waals surface area (Å²) in [6, 6.07) is 0.